The number of alkyl halides is 3. The van der Waals surface area contributed by atoms with Gasteiger partial charge in [0, 0.05) is 18.2 Å². The van der Waals surface area contributed by atoms with Crippen molar-refractivity contribution < 1.29 is 18.0 Å². The summed E-state index contributed by atoms with van der Waals surface area (Å²) in [5.74, 6) is -0.387. The van der Waals surface area contributed by atoms with Crippen molar-refractivity contribution in [3.05, 3.63) is 29.3 Å². The van der Waals surface area contributed by atoms with E-state index in [4.69, 9.17) is 5.73 Å². The van der Waals surface area contributed by atoms with Crippen molar-refractivity contribution in [2.24, 2.45) is 11.7 Å². The van der Waals surface area contributed by atoms with Crippen LogP contribution in [0.25, 0.3) is 0 Å². The fourth-order valence-corrected chi connectivity index (χ4v) is 2.56. The highest BCUT2D eigenvalue weighted by atomic mass is 19.4. The van der Waals surface area contributed by atoms with E-state index in [0.29, 0.717) is 18.4 Å². The molecule has 0 aliphatic carbocycles. The molecule has 1 aromatic carbocycles. The molecular weight excluding hydrogens is 295 g/mol. The number of halogens is 3. The number of hydrogen-bond donors (Lipinski definition) is 2. The number of nitrogens with zero attached hydrogens (tertiary/aromatic N) is 1. The van der Waals surface area contributed by atoms with E-state index in [0.717, 1.165) is 25.2 Å². The normalized spacial score (nSPS) is 17.5. The maximum atomic E-state index is 12.9. The number of benzene rings is 1. The van der Waals surface area contributed by atoms with Crippen LogP contribution in [-0.2, 0) is 17.5 Å². The first-order valence-corrected chi connectivity index (χ1v) is 7.20. The number of nitrogens with two attached hydrogens (primary N) is 1. The molecule has 2 rings (SSSR count). The Kier molecular flexibility index (Phi) is 5.08. The molecule has 0 spiro atoms. The zero-order valence-electron chi connectivity index (χ0n) is 12.4. The minimum Gasteiger partial charge on any atom is -0.326 e. The van der Waals surface area contributed by atoms with E-state index in [2.05, 4.69) is 10.2 Å². The van der Waals surface area contributed by atoms with Gasteiger partial charge in [0.05, 0.1) is 5.56 Å². The van der Waals surface area contributed by atoms with E-state index in [1.165, 1.54) is 6.07 Å². The molecule has 0 atom stereocenters. The topological polar surface area (TPSA) is 58.4 Å². The number of anilines is 1. The SMILES string of the molecule is CN1CCC(C(=O)Nc2cc(CN)cc(C(F)(F)F)c2)CC1. The van der Waals surface area contributed by atoms with E-state index < -0.39 is 11.7 Å². The number of amides is 1. The van der Waals surface area contributed by atoms with Crippen LogP contribution >= 0.6 is 0 Å². The highest BCUT2D eigenvalue weighted by Crippen LogP contribution is 2.32. The van der Waals surface area contributed by atoms with Crippen LogP contribution in [0.5, 0.6) is 0 Å². The minimum absolute atomic E-state index is 0.0129. The maximum absolute atomic E-state index is 12.9. The molecule has 0 unspecified atom stereocenters. The fourth-order valence-electron chi connectivity index (χ4n) is 2.56. The van der Waals surface area contributed by atoms with Crippen molar-refractivity contribution in [2.75, 3.05) is 25.5 Å². The van der Waals surface area contributed by atoms with Gasteiger partial charge in [0.25, 0.3) is 0 Å². The lowest BCUT2D eigenvalue weighted by atomic mass is 9.96. The summed E-state index contributed by atoms with van der Waals surface area (Å²) >= 11 is 0. The Morgan fingerprint density at radius 3 is 2.50 bits per heavy atom. The molecule has 1 heterocycles. The van der Waals surface area contributed by atoms with Gasteiger partial charge in [-0.1, -0.05) is 0 Å². The molecule has 1 aliphatic heterocycles. The van der Waals surface area contributed by atoms with Crippen LogP contribution in [0.3, 0.4) is 0 Å². The molecule has 1 fully saturated rings. The summed E-state index contributed by atoms with van der Waals surface area (Å²) < 4.78 is 38.6. The zero-order chi connectivity index (χ0) is 16.3. The number of carbonyl (C=O) groups excluding carboxylic acids is 1. The van der Waals surface area contributed by atoms with Gasteiger partial charge in [0.1, 0.15) is 0 Å². The van der Waals surface area contributed by atoms with E-state index >= 15 is 0 Å². The third-order valence-electron chi connectivity index (χ3n) is 3.91. The van der Waals surface area contributed by atoms with Crippen LogP contribution in [0, 0.1) is 5.92 Å². The number of likely N-dealkylation sites (tertiary alicyclic amines) is 1. The largest absolute Gasteiger partial charge is 0.416 e. The highest BCUT2D eigenvalue weighted by molar-refractivity contribution is 5.92. The van der Waals surface area contributed by atoms with Gasteiger partial charge in [-0.05, 0) is 56.7 Å². The number of carbonyl (C=O) groups is 1. The molecule has 122 valence electrons. The lowest BCUT2D eigenvalue weighted by Gasteiger charge is -2.28. The summed E-state index contributed by atoms with van der Waals surface area (Å²) in [5, 5.41) is 2.60. The first-order chi connectivity index (χ1) is 10.3. The van der Waals surface area contributed by atoms with Gasteiger partial charge in [-0.2, -0.15) is 13.2 Å². The Bertz CT molecular complexity index is 537. The van der Waals surface area contributed by atoms with Gasteiger partial charge in [-0.3, -0.25) is 4.79 Å². The Balaban J connectivity index is 2.13. The molecule has 1 aliphatic rings. The predicted octanol–water partition coefficient (Wildman–Crippen LogP) is 2.44. The number of piperidine rings is 1. The molecule has 0 saturated carbocycles. The smallest absolute Gasteiger partial charge is 0.326 e. The second-order valence-electron chi connectivity index (χ2n) is 5.69. The average molecular weight is 315 g/mol. The van der Waals surface area contributed by atoms with Crippen LogP contribution in [0.15, 0.2) is 18.2 Å². The lowest BCUT2D eigenvalue weighted by Crippen LogP contribution is -2.36. The quantitative estimate of drug-likeness (QED) is 0.901. The van der Waals surface area contributed by atoms with E-state index in [1.807, 2.05) is 7.05 Å². The van der Waals surface area contributed by atoms with E-state index in [1.54, 1.807) is 0 Å². The average Bonchev–Trinajstić information content (AvgIpc) is 2.46. The molecule has 22 heavy (non-hydrogen) atoms. The highest BCUT2D eigenvalue weighted by Gasteiger charge is 2.31. The van der Waals surface area contributed by atoms with E-state index in [-0.39, 0.29) is 24.1 Å². The Labute approximate surface area is 127 Å². The standard InChI is InChI=1S/C15H20F3N3O/c1-21-4-2-11(3-5-21)14(22)20-13-7-10(9-19)6-12(8-13)15(16,17)18/h6-8,11H,2-5,9,19H2,1H3,(H,20,22). The van der Waals surface area contributed by atoms with Crippen molar-refractivity contribution in [1.82, 2.24) is 4.90 Å². The molecule has 1 saturated heterocycles. The Hall–Kier alpha value is -1.60. The zero-order valence-corrected chi connectivity index (χ0v) is 12.4. The minimum atomic E-state index is -4.46. The van der Waals surface area contributed by atoms with Gasteiger partial charge in [-0.15, -0.1) is 0 Å². The Morgan fingerprint density at radius 1 is 1.32 bits per heavy atom. The first-order valence-electron chi connectivity index (χ1n) is 7.20. The van der Waals surface area contributed by atoms with Crippen LogP contribution < -0.4 is 11.1 Å². The Morgan fingerprint density at radius 2 is 1.95 bits per heavy atom. The monoisotopic (exact) mass is 315 g/mol. The van der Waals surface area contributed by atoms with Crippen molar-refractivity contribution in [3.63, 3.8) is 0 Å². The van der Waals surface area contributed by atoms with Gasteiger partial charge in [-0.25, -0.2) is 0 Å². The first kappa shape index (κ1) is 16.8. The molecule has 1 aromatic rings. The summed E-state index contributed by atoms with van der Waals surface area (Å²) in [6.07, 6.45) is -3.03. The van der Waals surface area contributed by atoms with Crippen molar-refractivity contribution in [2.45, 2.75) is 25.6 Å². The summed E-state index contributed by atoms with van der Waals surface area (Å²) in [6.45, 7) is 1.62. The molecular formula is C15H20F3N3O. The summed E-state index contributed by atoms with van der Waals surface area (Å²) in [6, 6.07) is 3.44. The van der Waals surface area contributed by atoms with Gasteiger partial charge < -0.3 is 16.0 Å². The molecule has 7 heteroatoms. The second kappa shape index (κ2) is 6.66. The van der Waals surface area contributed by atoms with Gasteiger partial charge in [0.15, 0.2) is 0 Å². The van der Waals surface area contributed by atoms with Gasteiger partial charge >= 0.3 is 6.18 Å². The van der Waals surface area contributed by atoms with Crippen molar-refractivity contribution >= 4 is 11.6 Å². The summed E-state index contributed by atoms with van der Waals surface area (Å²) in [7, 11) is 1.98. The molecule has 4 nitrogen and oxygen atoms in total. The third-order valence-corrected chi connectivity index (χ3v) is 3.91. The van der Waals surface area contributed by atoms with Gasteiger partial charge in [0.2, 0.25) is 5.91 Å². The number of hydrogen-bond acceptors (Lipinski definition) is 3. The molecule has 0 aromatic heterocycles. The van der Waals surface area contributed by atoms with Crippen LogP contribution in [-0.4, -0.2) is 30.9 Å². The molecule has 0 radical (unpaired) electrons. The molecule has 3 N–H and O–H groups in total. The molecule has 0 bridgehead atoms. The van der Waals surface area contributed by atoms with E-state index in [9.17, 15) is 18.0 Å². The number of nitrogens with one attached hydrogen (secondary N) is 1. The maximum Gasteiger partial charge on any atom is 0.416 e. The van der Waals surface area contributed by atoms with Crippen LogP contribution in [0.1, 0.15) is 24.0 Å². The number of rotatable bonds is 3. The third kappa shape index (κ3) is 4.20. The summed E-state index contributed by atoms with van der Waals surface area (Å²) in [4.78, 5) is 14.3. The lowest BCUT2D eigenvalue weighted by molar-refractivity contribution is -0.137. The fraction of sp³-hybridized carbons (Fsp3) is 0.533. The second-order valence-corrected chi connectivity index (χ2v) is 5.69. The predicted molar refractivity (Wildman–Crippen MR) is 78.2 cm³/mol. The van der Waals surface area contributed by atoms with Crippen molar-refractivity contribution in [3.8, 4) is 0 Å². The van der Waals surface area contributed by atoms with Crippen LogP contribution in [0.4, 0.5) is 18.9 Å². The van der Waals surface area contributed by atoms with Crippen molar-refractivity contribution in [1.29, 1.82) is 0 Å². The molecule has 1 amide bonds. The van der Waals surface area contributed by atoms with Crippen LogP contribution in [0.2, 0.25) is 0 Å². The summed E-state index contributed by atoms with van der Waals surface area (Å²) in [5.41, 5.74) is 5.13.